The van der Waals surface area contributed by atoms with E-state index in [2.05, 4.69) is 28.1 Å². The minimum atomic E-state index is -0.608. The number of piperazine rings is 1. The Bertz CT molecular complexity index is 415. The molecule has 2 fully saturated rings. The second-order valence-electron chi connectivity index (χ2n) is 6.56. The molecule has 1 saturated carbocycles. The van der Waals surface area contributed by atoms with Crippen molar-refractivity contribution in [3.63, 3.8) is 0 Å². The Kier molecular flexibility index (Phi) is 6.18. The third-order valence-corrected chi connectivity index (χ3v) is 4.85. The first-order chi connectivity index (χ1) is 10.6. The topological polar surface area (TPSA) is 68.6 Å². The summed E-state index contributed by atoms with van der Waals surface area (Å²) in [6, 6.07) is 2.74. The van der Waals surface area contributed by atoms with E-state index in [-0.39, 0.29) is 5.91 Å². The van der Waals surface area contributed by atoms with Crippen LogP contribution in [0.25, 0.3) is 0 Å². The Morgan fingerprint density at radius 1 is 1.41 bits per heavy atom. The molecule has 6 nitrogen and oxygen atoms in total. The second-order valence-corrected chi connectivity index (χ2v) is 6.56. The van der Waals surface area contributed by atoms with E-state index in [1.165, 1.54) is 0 Å². The van der Waals surface area contributed by atoms with Crippen LogP contribution in [-0.4, -0.2) is 73.7 Å². The van der Waals surface area contributed by atoms with E-state index in [0.717, 1.165) is 58.5 Å². The predicted octanol–water partition coefficient (Wildman–Crippen LogP) is 0.591. The summed E-state index contributed by atoms with van der Waals surface area (Å²) in [5.74, 6) is -0.0130. The maximum atomic E-state index is 12.3. The molecule has 0 unspecified atom stereocenters. The summed E-state index contributed by atoms with van der Waals surface area (Å²) in [6.45, 7) is 7.00. The summed E-state index contributed by atoms with van der Waals surface area (Å²) in [4.78, 5) is 16.8. The fraction of sp³-hybridized carbons (Fsp3) is 0.875. The fourth-order valence-corrected chi connectivity index (χ4v) is 3.51. The van der Waals surface area contributed by atoms with Crippen LogP contribution in [0.4, 0.5) is 0 Å². The Morgan fingerprint density at radius 2 is 2.14 bits per heavy atom. The normalized spacial score (nSPS) is 25.8. The number of nitrogens with zero attached hydrogens (tertiary/aromatic N) is 3. The molecule has 2 rings (SSSR count). The van der Waals surface area contributed by atoms with Gasteiger partial charge in [0.2, 0.25) is 5.91 Å². The van der Waals surface area contributed by atoms with Crippen molar-refractivity contribution in [1.29, 1.82) is 5.26 Å². The van der Waals surface area contributed by atoms with Crippen molar-refractivity contribution in [2.75, 3.05) is 46.4 Å². The molecular weight excluding hydrogens is 280 g/mol. The van der Waals surface area contributed by atoms with Crippen LogP contribution < -0.4 is 5.32 Å². The molecule has 0 radical (unpaired) electrons. The van der Waals surface area contributed by atoms with Crippen molar-refractivity contribution in [3.8, 4) is 6.07 Å². The van der Waals surface area contributed by atoms with E-state index in [4.69, 9.17) is 4.74 Å². The summed E-state index contributed by atoms with van der Waals surface area (Å²) in [5.41, 5.74) is -0.608. The SMILES string of the molecule is COCCN1CCN(CC(=O)NC2(C#N)CCCC2)C[C@@H]1C. The lowest BCUT2D eigenvalue weighted by Crippen LogP contribution is -2.56. The zero-order valence-corrected chi connectivity index (χ0v) is 13.8. The summed E-state index contributed by atoms with van der Waals surface area (Å²) in [5, 5.41) is 12.3. The van der Waals surface area contributed by atoms with Gasteiger partial charge in [0.1, 0.15) is 5.54 Å². The van der Waals surface area contributed by atoms with E-state index in [1.807, 2.05) is 0 Å². The van der Waals surface area contributed by atoms with Gasteiger partial charge in [0.15, 0.2) is 0 Å². The first-order valence-corrected chi connectivity index (χ1v) is 8.26. The molecule has 0 aromatic heterocycles. The van der Waals surface area contributed by atoms with Crippen LogP contribution in [0.1, 0.15) is 32.6 Å². The van der Waals surface area contributed by atoms with Crippen LogP contribution in [-0.2, 0) is 9.53 Å². The molecule has 22 heavy (non-hydrogen) atoms. The van der Waals surface area contributed by atoms with E-state index in [9.17, 15) is 10.1 Å². The van der Waals surface area contributed by atoms with Gasteiger partial charge in [0.05, 0.1) is 19.2 Å². The number of ether oxygens (including phenoxy) is 1. The molecular formula is C16H28N4O2. The van der Waals surface area contributed by atoms with Crippen LogP contribution in [0, 0.1) is 11.3 Å². The monoisotopic (exact) mass is 308 g/mol. The lowest BCUT2D eigenvalue weighted by molar-refractivity contribution is -0.124. The maximum Gasteiger partial charge on any atom is 0.235 e. The first kappa shape index (κ1) is 17.2. The van der Waals surface area contributed by atoms with Crippen LogP contribution >= 0.6 is 0 Å². The standard InChI is InChI=1S/C16H28N4O2/c1-14-11-19(7-8-20(14)9-10-22-2)12-15(21)18-16(13-17)5-3-4-6-16/h14H,3-12H2,1-2H3,(H,18,21)/t14-/m0/s1. The van der Waals surface area contributed by atoms with Gasteiger partial charge in [-0.25, -0.2) is 0 Å². The molecule has 0 bridgehead atoms. The molecule has 6 heteroatoms. The number of hydrogen-bond acceptors (Lipinski definition) is 5. The smallest absolute Gasteiger partial charge is 0.235 e. The van der Waals surface area contributed by atoms with E-state index in [1.54, 1.807) is 7.11 Å². The predicted molar refractivity (Wildman–Crippen MR) is 84.3 cm³/mol. The highest BCUT2D eigenvalue weighted by Crippen LogP contribution is 2.28. The van der Waals surface area contributed by atoms with Gasteiger partial charge in [-0.05, 0) is 32.6 Å². The summed E-state index contributed by atoms with van der Waals surface area (Å²) in [7, 11) is 1.72. The molecule has 1 aliphatic carbocycles. The van der Waals surface area contributed by atoms with Gasteiger partial charge in [-0.3, -0.25) is 14.6 Å². The number of methoxy groups -OCH3 is 1. The number of hydrogen-bond donors (Lipinski definition) is 1. The minimum Gasteiger partial charge on any atom is -0.383 e. The fourth-order valence-electron chi connectivity index (χ4n) is 3.51. The van der Waals surface area contributed by atoms with Gasteiger partial charge < -0.3 is 10.1 Å². The van der Waals surface area contributed by atoms with Crippen LogP contribution in [0.3, 0.4) is 0 Å². The summed E-state index contributed by atoms with van der Waals surface area (Å²) >= 11 is 0. The highest BCUT2D eigenvalue weighted by molar-refractivity contribution is 5.79. The molecule has 124 valence electrons. The Morgan fingerprint density at radius 3 is 2.73 bits per heavy atom. The molecule has 0 aromatic carbocycles. The molecule has 1 atom stereocenters. The summed E-state index contributed by atoms with van der Waals surface area (Å²) in [6.07, 6.45) is 3.64. The Hall–Kier alpha value is -1.16. The van der Waals surface area contributed by atoms with Crippen molar-refractivity contribution in [1.82, 2.24) is 15.1 Å². The van der Waals surface area contributed by atoms with Crippen molar-refractivity contribution in [2.45, 2.75) is 44.2 Å². The zero-order chi connectivity index (χ0) is 16.0. The highest BCUT2D eigenvalue weighted by Gasteiger charge is 2.36. The van der Waals surface area contributed by atoms with Crippen molar-refractivity contribution in [2.24, 2.45) is 0 Å². The molecule has 1 aliphatic heterocycles. The van der Waals surface area contributed by atoms with E-state index < -0.39 is 5.54 Å². The highest BCUT2D eigenvalue weighted by atomic mass is 16.5. The Balaban J connectivity index is 1.77. The number of carbonyl (C=O) groups excluding carboxylic acids is 1. The van der Waals surface area contributed by atoms with Gasteiger partial charge in [0.25, 0.3) is 0 Å². The quantitative estimate of drug-likeness (QED) is 0.778. The summed E-state index contributed by atoms with van der Waals surface area (Å²) < 4.78 is 5.13. The van der Waals surface area contributed by atoms with Crippen LogP contribution in [0.15, 0.2) is 0 Å². The van der Waals surface area contributed by atoms with Gasteiger partial charge in [-0.15, -0.1) is 0 Å². The first-order valence-electron chi connectivity index (χ1n) is 8.26. The number of rotatable bonds is 6. The zero-order valence-electron chi connectivity index (χ0n) is 13.8. The molecule has 1 saturated heterocycles. The van der Waals surface area contributed by atoms with E-state index >= 15 is 0 Å². The molecule has 1 amide bonds. The van der Waals surface area contributed by atoms with Gasteiger partial charge in [-0.1, -0.05) is 0 Å². The largest absolute Gasteiger partial charge is 0.383 e. The molecule has 0 spiro atoms. The van der Waals surface area contributed by atoms with E-state index in [0.29, 0.717) is 12.6 Å². The van der Waals surface area contributed by atoms with Gasteiger partial charge in [0, 0.05) is 39.3 Å². The number of amides is 1. The molecule has 2 aliphatic rings. The Labute approximate surface area is 133 Å². The van der Waals surface area contributed by atoms with Gasteiger partial charge in [-0.2, -0.15) is 5.26 Å². The third-order valence-electron chi connectivity index (χ3n) is 4.85. The maximum absolute atomic E-state index is 12.3. The van der Waals surface area contributed by atoms with Gasteiger partial charge >= 0.3 is 0 Å². The number of nitriles is 1. The van der Waals surface area contributed by atoms with Crippen molar-refractivity contribution < 1.29 is 9.53 Å². The van der Waals surface area contributed by atoms with Crippen LogP contribution in [0.5, 0.6) is 0 Å². The average Bonchev–Trinajstić information content (AvgIpc) is 2.95. The van der Waals surface area contributed by atoms with Crippen molar-refractivity contribution >= 4 is 5.91 Å². The average molecular weight is 308 g/mol. The second kappa shape index (κ2) is 7.91. The molecule has 1 N–H and O–H groups in total. The van der Waals surface area contributed by atoms with Crippen LogP contribution in [0.2, 0.25) is 0 Å². The lowest BCUT2D eigenvalue weighted by atomic mass is 10.00. The third kappa shape index (κ3) is 4.42. The number of carbonyl (C=O) groups is 1. The molecule has 1 heterocycles. The van der Waals surface area contributed by atoms with Crippen molar-refractivity contribution in [3.05, 3.63) is 0 Å². The lowest BCUT2D eigenvalue weighted by Gasteiger charge is -2.39. The minimum absolute atomic E-state index is 0.0130. The molecule has 0 aromatic rings. The number of nitrogens with one attached hydrogen (secondary N) is 1.